The van der Waals surface area contributed by atoms with Crippen molar-refractivity contribution in [3.63, 3.8) is 0 Å². The van der Waals surface area contributed by atoms with Gasteiger partial charge in [0.1, 0.15) is 0 Å². The largest absolute Gasteiger partial charge is 0.328 e. The summed E-state index contributed by atoms with van der Waals surface area (Å²) in [6.45, 7) is 4.32. The molecule has 0 saturated heterocycles. The molecule has 0 amide bonds. The van der Waals surface area contributed by atoms with E-state index in [0.717, 1.165) is 6.42 Å². The number of hydrogen-bond acceptors (Lipinski definition) is 1. The molecule has 0 aliphatic heterocycles. The van der Waals surface area contributed by atoms with Crippen LogP contribution < -0.4 is 5.73 Å². The molecule has 1 aromatic rings. The highest BCUT2D eigenvalue weighted by Gasteiger charge is 2.12. The monoisotopic (exact) mass is 269 g/mol. The maximum Gasteiger partial charge on any atom is 0.0210 e. The molecule has 0 spiro atoms. The lowest BCUT2D eigenvalue weighted by atomic mass is 9.91. The third-order valence-electron chi connectivity index (χ3n) is 2.81. The average molecular weight is 270 g/mol. The summed E-state index contributed by atoms with van der Waals surface area (Å²) in [4.78, 5) is 0. The molecule has 2 heteroatoms. The second kappa shape index (κ2) is 6.29. The molecule has 2 atom stereocenters. The first-order valence-corrected chi connectivity index (χ1v) is 6.44. The van der Waals surface area contributed by atoms with Crippen molar-refractivity contribution in [1.82, 2.24) is 0 Å². The fraction of sp³-hybridized carbons (Fsp3) is 0.538. The standard InChI is InChI=1S/C13H20BrN/c1-3-11(9-8-10(2)15)12-6-4-5-7-13(12)14/h4-7,10-11H,3,8-9,15H2,1-2H3. The molecule has 1 rings (SSSR count). The highest BCUT2D eigenvalue weighted by Crippen LogP contribution is 2.30. The molecule has 0 aliphatic rings. The summed E-state index contributed by atoms with van der Waals surface area (Å²) in [6.07, 6.45) is 3.45. The number of rotatable bonds is 5. The smallest absolute Gasteiger partial charge is 0.0210 e. The summed E-state index contributed by atoms with van der Waals surface area (Å²) < 4.78 is 1.22. The minimum Gasteiger partial charge on any atom is -0.328 e. The van der Waals surface area contributed by atoms with E-state index in [1.807, 2.05) is 0 Å². The molecule has 1 nitrogen and oxygen atoms in total. The van der Waals surface area contributed by atoms with Gasteiger partial charge in [-0.3, -0.25) is 0 Å². The van der Waals surface area contributed by atoms with E-state index in [1.165, 1.54) is 22.9 Å². The molecule has 2 N–H and O–H groups in total. The number of nitrogens with two attached hydrogens (primary N) is 1. The Kier molecular flexibility index (Phi) is 5.34. The Labute approximate surface area is 101 Å². The van der Waals surface area contributed by atoms with Crippen LogP contribution in [0, 0.1) is 0 Å². The van der Waals surface area contributed by atoms with E-state index in [-0.39, 0.29) is 0 Å². The van der Waals surface area contributed by atoms with Crippen molar-refractivity contribution in [3.8, 4) is 0 Å². The Morgan fingerprint density at radius 3 is 2.47 bits per heavy atom. The molecule has 84 valence electrons. The van der Waals surface area contributed by atoms with E-state index in [4.69, 9.17) is 5.73 Å². The van der Waals surface area contributed by atoms with E-state index in [1.54, 1.807) is 0 Å². The molecule has 2 unspecified atom stereocenters. The van der Waals surface area contributed by atoms with E-state index in [0.29, 0.717) is 12.0 Å². The van der Waals surface area contributed by atoms with Crippen molar-refractivity contribution in [2.45, 2.75) is 45.1 Å². The Hall–Kier alpha value is -0.340. The predicted molar refractivity (Wildman–Crippen MR) is 70.1 cm³/mol. The normalized spacial score (nSPS) is 14.9. The van der Waals surface area contributed by atoms with Gasteiger partial charge < -0.3 is 5.73 Å². The average Bonchev–Trinajstić information content (AvgIpc) is 2.21. The molecule has 0 fully saturated rings. The lowest BCUT2D eigenvalue weighted by molar-refractivity contribution is 0.531. The molecule has 0 radical (unpaired) electrons. The summed E-state index contributed by atoms with van der Waals surface area (Å²) >= 11 is 3.61. The van der Waals surface area contributed by atoms with Crippen molar-refractivity contribution in [3.05, 3.63) is 34.3 Å². The van der Waals surface area contributed by atoms with Crippen molar-refractivity contribution in [1.29, 1.82) is 0 Å². The van der Waals surface area contributed by atoms with Crippen molar-refractivity contribution >= 4 is 15.9 Å². The molecule has 0 saturated carbocycles. The Morgan fingerprint density at radius 1 is 1.27 bits per heavy atom. The van der Waals surface area contributed by atoms with Gasteiger partial charge >= 0.3 is 0 Å². The van der Waals surface area contributed by atoms with Gasteiger partial charge in [-0.2, -0.15) is 0 Å². The highest BCUT2D eigenvalue weighted by molar-refractivity contribution is 9.10. The topological polar surface area (TPSA) is 26.0 Å². The van der Waals surface area contributed by atoms with Gasteiger partial charge in [-0.25, -0.2) is 0 Å². The Balaban J connectivity index is 2.70. The van der Waals surface area contributed by atoms with Crippen LogP contribution in [0.2, 0.25) is 0 Å². The number of benzene rings is 1. The Bertz CT molecular complexity index is 296. The van der Waals surface area contributed by atoms with Gasteiger partial charge in [0.15, 0.2) is 0 Å². The first-order chi connectivity index (χ1) is 7.15. The van der Waals surface area contributed by atoms with Gasteiger partial charge in [0.25, 0.3) is 0 Å². The van der Waals surface area contributed by atoms with Gasteiger partial charge in [-0.15, -0.1) is 0 Å². The van der Waals surface area contributed by atoms with E-state index in [9.17, 15) is 0 Å². The summed E-state index contributed by atoms with van der Waals surface area (Å²) in [5, 5.41) is 0. The van der Waals surface area contributed by atoms with Crippen LogP contribution in [0.1, 0.15) is 44.6 Å². The molecular weight excluding hydrogens is 250 g/mol. The third-order valence-corrected chi connectivity index (χ3v) is 3.53. The molecule has 0 aromatic heterocycles. The van der Waals surface area contributed by atoms with E-state index >= 15 is 0 Å². The quantitative estimate of drug-likeness (QED) is 0.857. The zero-order valence-corrected chi connectivity index (χ0v) is 11.1. The van der Waals surface area contributed by atoms with Crippen molar-refractivity contribution in [2.24, 2.45) is 5.73 Å². The maximum atomic E-state index is 5.80. The fourth-order valence-corrected chi connectivity index (χ4v) is 2.46. The molecular formula is C13H20BrN. The number of halogens is 1. The zero-order chi connectivity index (χ0) is 11.3. The van der Waals surface area contributed by atoms with Gasteiger partial charge in [0.05, 0.1) is 0 Å². The van der Waals surface area contributed by atoms with Crippen LogP contribution in [-0.2, 0) is 0 Å². The van der Waals surface area contributed by atoms with Gasteiger partial charge in [0.2, 0.25) is 0 Å². The van der Waals surface area contributed by atoms with Crippen molar-refractivity contribution in [2.75, 3.05) is 0 Å². The summed E-state index contributed by atoms with van der Waals surface area (Å²) in [6, 6.07) is 8.80. The lowest BCUT2D eigenvalue weighted by Gasteiger charge is -2.17. The van der Waals surface area contributed by atoms with Crippen LogP contribution in [0.25, 0.3) is 0 Å². The SMILES string of the molecule is CCC(CCC(C)N)c1ccccc1Br. The molecule has 0 bridgehead atoms. The minimum absolute atomic E-state index is 0.307. The van der Waals surface area contributed by atoms with Crippen LogP contribution in [-0.4, -0.2) is 6.04 Å². The third kappa shape index (κ3) is 3.96. The maximum absolute atomic E-state index is 5.80. The number of hydrogen-bond donors (Lipinski definition) is 1. The van der Waals surface area contributed by atoms with Gasteiger partial charge in [-0.05, 0) is 43.7 Å². The van der Waals surface area contributed by atoms with Crippen molar-refractivity contribution < 1.29 is 0 Å². The fourth-order valence-electron chi connectivity index (χ4n) is 1.85. The second-order valence-corrected chi connectivity index (χ2v) is 5.04. The summed E-state index contributed by atoms with van der Waals surface area (Å²) in [7, 11) is 0. The van der Waals surface area contributed by atoms with E-state index < -0.39 is 0 Å². The predicted octanol–water partition coefficient (Wildman–Crippen LogP) is 4.07. The van der Waals surface area contributed by atoms with Crippen LogP contribution in [0.5, 0.6) is 0 Å². The Morgan fingerprint density at radius 2 is 1.93 bits per heavy atom. The van der Waals surface area contributed by atoms with Gasteiger partial charge in [0, 0.05) is 10.5 Å². The first kappa shape index (κ1) is 12.7. The molecule has 0 aliphatic carbocycles. The van der Waals surface area contributed by atoms with Crippen LogP contribution in [0.15, 0.2) is 28.7 Å². The first-order valence-electron chi connectivity index (χ1n) is 5.65. The summed E-state index contributed by atoms with van der Waals surface area (Å²) in [5.74, 6) is 0.631. The summed E-state index contributed by atoms with van der Waals surface area (Å²) in [5.41, 5.74) is 7.22. The zero-order valence-electron chi connectivity index (χ0n) is 9.54. The lowest BCUT2D eigenvalue weighted by Crippen LogP contribution is -2.15. The van der Waals surface area contributed by atoms with E-state index in [2.05, 4.69) is 54.0 Å². The molecule has 15 heavy (non-hydrogen) atoms. The minimum atomic E-state index is 0.307. The second-order valence-electron chi connectivity index (χ2n) is 4.18. The highest BCUT2D eigenvalue weighted by atomic mass is 79.9. The van der Waals surface area contributed by atoms with Crippen LogP contribution in [0.4, 0.5) is 0 Å². The van der Waals surface area contributed by atoms with Crippen LogP contribution in [0.3, 0.4) is 0 Å². The van der Waals surface area contributed by atoms with Gasteiger partial charge in [-0.1, -0.05) is 41.1 Å². The molecule has 0 heterocycles. The molecule has 1 aromatic carbocycles. The van der Waals surface area contributed by atoms with Crippen LogP contribution >= 0.6 is 15.9 Å².